The fourth-order valence-electron chi connectivity index (χ4n) is 1.41. The summed E-state index contributed by atoms with van der Waals surface area (Å²) in [4.78, 5) is 1.06. The van der Waals surface area contributed by atoms with Gasteiger partial charge in [-0.3, -0.25) is 14.0 Å². The van der Waals surface area contributed by atoms with E-state index < -0.39 is 42.7 Å². The third kappa shape index (κ3) is 7.36. The van der Waals surface area contributed by atoms with E-state index in [4.69, 9.17) is 37.0 Å². The molecule has 0 fully saturated rings. The van der Waals surface area contributed by atoms with Crippen LogP contribution in [-0.4, -0.2) is 73.6 Å². The first-order valence-electron chi connectivity index (χ1n) is 5.39. The van der Waals surface area contributed by atoms with E-state index in [1.54, 1.807) is 0 Å². The Morgan fingerprint density at radius 3 is 2.10 bits per heavy atom. The minimum Gasteiger partial charge on any atom is -0.385 e. The van der Waals surface area contributed by atoms with E-state index in [2.05, 4.69) is 0 Å². The average molecular weight is 374 g/mol. The second kappa shape index (κ2) is 8.69. The molecule has 0 aliphatic heterocycles. The van der Waals surface area contributed by atoms with Gasteiger partial charge in [-0.1, -0.05) is 0 Å². The van der Waals surface area contributed by atoms with Gasteiger partial charge in [0.2, 0.25) is 0 Å². The Kier molecular flexibility index (Phi) is 8.83. The quantitative estimate of drug-likeness (QED) is 0.317. The summed E-state index contributed by atoms with van der Waals surface area (Å²) in [5.41, 5.74) is 0. The van der Waals surface area contributed by atoms with Crippen molar-refractivity contribution in [2.24, 2.45) is 0 Å². The standard InChI is InChI=1S/C8H17Cl2NO7S2/c1-18-4-2-3-11(6-7(10)19(12,13)14)8(5-9)20(15,16)17/h7-8H,2-6H2,1H3,(H,12,13,14)(H,15,16,17). The first kappa shape index (κ1) is 20.3. The van der Waals surface area contributed by atoms with Crippen LogP contribution in [0.2, 0.25) is 0 Å². The molecule has 0 heterocycles. The largest absolute Gasteiger partial charge is 0.385 e. The smallest absolute Gasteiger partial charge is 0.283 e. The van der Waals surface area contributed by atoms with Crippen LogP contribution in [0.5, 0.6) is 0 Å². The van der Waals surface area contributed by atoms with Crippen LogP contribution in [0.3, 0.4) is 0 Å². The van der Waals surface area contributed by atoms with Gasteiger partial charge >= 0.3 is 0 Å². The lowest BCUT2D eigenvalue weighted by molar-refractivity contribution is 0.168. The summed E-state index contributed by atoms with van der Waals surface area (Å²) < 4.78 is 65.1. The van der Waals surface area contributed by atoms with Gasteiger partial charge in [-0.25, -0.2) is 0 Å². The highest BCUT2D eigenvalue weighted by molar-refractivity contribution is 7.87. The number of hydrogen-bond acceptors (Lipinski definition) is 6. The van der Waals surface area contributed by atoms with Crippen molar-refractivity contribution in [3.8, 4) is 0 Å². The zero-order chi connectivity index (χ0) is 16.0. The summed E-state index contributed by atoms with van der Waals surface area (Å²) in [7, 11) is -7.63. The molecular weight excluding hydrogens is 357 g/mol. The van der Waals surface area contributed by atoms with Crippen LogP contribution in [0.25, 0.3) is 0 Å². The van der Waals surface area contributed by atoms with E-state index in [1.807, 2.05) is 0 Å². The van der Waals surface area contributed by atoms with Crippen molar-refractivity contribution in [2.75, 3.05) is 32.7 Å². The van der Waals surface area contributed by atoms with Crippen molar-refractivity contribution in [3.63, 3.8) is 0 Å². The molecule has 0 radical (unpaired) electrons. The molecule has 0 saturated carbocycles. The van der Waals surface area contributed by atoms with Crippen molar-refractivity contribution < 1.29 is 30.7 Å². The lowest BCUT2D eigenvalue weighted by Gasteiger charge is -2.28. The number of ether oxygens (including phenoxy) is 1. The molecule has 0 aromatic heterocycles. The summed E-state index contributed by atoms with van der Waals surface area (Å²) in [5, 5.41) is -1.52. The Morgan fingerprint density at radius 1 is 1.20 bits per heavy atom. The number of rotatable bonds is 10. The maximum Gasteiger partial charge on any atom is 0.283 e. The first-order valence-corrected chi connectivity index (χ1v) is 9.37. The molecule has 0 rings (SSSR count). The maximum absolute atomic E-state index is 11.2. The number of methoxy groups -OCH3 is 1. The number of hydrogen-bond donors (Lipinski definition) is 2. The van der Waals surface area contributed by atoms with Crippen LogP contribution in [-0.2, 0) is 25.0 Å². The molecule has 122 valence electrons. The third-order valence-corrected chi connectivity index (χ3v) is 5.61. The Labute approximate surface area is 128 Å². The number of nitrogens with zero attached hydrogens (tertiary/aromatic N) is 1. The monoisotopic (exact) mass is 373 g/mol. The Hall–Kier alpha value is 0.320. The minimum atomic E-state index is -4.54. The fraction of sp³-hybridized carbons (Fsp3) is 1.00. The summed E-state index contributed by atoms with van der Waals surface area (Å²) in [5.74, 6) is -0.485. The van der Waals surface area contributed by atoms with Crippen molar-refractivity contribution in [1.82, 2.24) is 4.90 Å². The molecule has 0 aromatic rings. The van der Waals surface area contributed by atoms with Gasteiger partial charge < -0.3 is 4.74 Å². The second-order valence-electron chi connectivity index (χ2n) is 3.89. The molecule has 0 aliphatic rings. The maximum atomic E-state index is 11.2. The van der Waals surface area contributed by atoms with Gasteiger partial charge in [0.05, 0.1) is 5.88 Å². The highest BCUT2D eigenvalue weighted by Gasteiger charge is 2.33. The van der Waals surface area contributed by atoms with Crippen LogP contribution in [0.4, 0.5) is 0 Å². The van der Waals surface area contributed by atoms with E-state index >= 15 is 0 Å². The second-order valence-corrected chi connectivity index (χ2v) is 8.16. The topological polar surface area (TPSA) is 121 Å². The number of halogens is 2. The molecule has 2 N–H and O–H groups in total. The summed E-state index contributed by atoms with van der Waals surface area (Å²) in [6, 6.07) is 0. The van der Waals surface area contributed by atoms with Gasteiger partial charge in [0.1, 0.15) is 0 Å². The highest BCUT2D eigenvalue weighted by atomic mass is 35.5. The molecule has 20 heavy (non-hydrogen) atoms. The molecule has 12 heteroatoms. The molecule has 8 nitrogen and oxygen atoms in total. The first-order chi connectivity index (χ1) is 9.04. The lowest BCUT2D eigenvalue weighted by Crippen LogP contribution is -2.47. The van der Waals surface area contributed by atoms with Gasteiger partial charge in [-0.15, -0.1) is 23.2 Å². The van der Waals surface area contributed by atoms with Crippen molar-refractivity contribution in [3.05, 3.63) is 0 Å². The minimum absolute atomic E-state index is 0.0593. The molecule has 0 aromatic carbocycles. The number of alkyl halides is 2. The van der Waals surface area contributed by atoms with Gasteiger partial charge in [0.25, 0.3) is 20.2 Å². The Bertz CT molecular complexity index is 481. The van der Waals surface area contributed by atoms with Gasteiger partial charge in [0.15, 0.2) is 10.1 Å². The summed E-state index contributed by atoms with van der Waals surface area (Å²) in [6.07, 6.45) is 0.356. The van der Waals surface area contributed by atoms with Gasteiger partial charge in [0, 0.05) is 26.8 Å². The summed E-state index contributed by atoms with van der Waals surface area (Å²) in [6.45, 7) is -0.166. The van der Waals surface area contributed by atoms with Crippen molar-refractivity contribution in [1.29, 1.82) is 0 Å². The molecule has 0 spiro atoms. The van der Waals surface area contributed by atoms with Crippen LogP contribution in [0, 0.1) is 0 Å². The van der Waals surface area contributed by atoms with Gasteiger partial charge in [-0.2, -0.15) is 16.8 Å². The summed E-state index contributed by atoms with van der Waals surface area (Å²) >= 11 is 11.0. The molecule has 0 saturated heterocycles. The average Bonchev–Trinajstić information content (AvgIpc) is 2.26. The van der Waals surface area contributed by atoms with Crippen molar-refractivity contribution >= 4 is 43.4 Å². The van der Waals surface area contributed by atoms with Crippen LogP contribution in [0.15, 0.2) is 0 Å². The predicted molar refractivity (Wildman–Crippen MR) is 75.3 cm³/mol. The van der Waals surface area contributed by atoms with Crippen LogP contribution < -0.4 is 0 Å². The van der Waals surface area contributed by atoms with Crippen molar-refractivity contribution in [2.45, 2.75) is 16.5 Å². The lowest BCUT2D eigenvalue weighted by atomic mass is 10.4. The molecule has 2 unspecified atom stereocenters. The van der Waals surface area contributed by atoms with Crippen LogP contribution >= 0.6 is 23.2 Å². The predicted octanol–water partition coefficient (Wildman–Crippen LogP) is 0.230. The molecule has 0 amide bonds. The SMILES string of the molecule is COCCCN(CC(Cl)S(=O)(=O)O)C(CCl)S(=O)(=O)O. The molecule has 0 aliphatic carbocycles. The Morgan fingerprint density at radius 2 is 1.75 bits per heavy atom. The Balaban J connectivity index is 5.06. The van der Waals surface area contributed by atoms with E-state index in [1.165, 1.54) is 7.11 Å². The zero-order valence-electron chi connectivity index (χ0n) is 10.6. The van der Waals surface area contributed by atoms with Gasteiger partial charge in [-0.05, 0) is 6.42 Å². The zero-order valence-corrected chi connectivity index (χ0v) is 13.8. The van der Waals surface area contributed by atoms with E-state index in [0.29, 0.717) is 6.42 Å². The van der Waals surface area contributed by atoms with E-state index in [9.17, 15) is 16.8 Å². The molecular formula is C8H17Cl2NO7S2. The normalized spacial score (nSPS) is 16.3. The molecule has 0 bridgehead atoms. The van der Waals surface area contributed by atoms with E-state index in [0.717, 1.165) is 4.90 Å². The third-order valence-electron chi connectivity index (χ3n) is 2.38. The fourth-order valence-corrected chi connectivity index (χ4v) is 3.37. The van der Waals surface area contributed by atoms with Crippen LogP contribution in [0.1, 0.15) is 6.42 Å². The molecule has 2 atom stereocenters. The highest BCUT2D eigenvalue weighted by Crippen LogP contribution is 2.15. The van der Waals surface area contributed by atoms with E-state index in [-0.39, 0.29) is 13.2 Å².